The minimum Gasteiger partial charge on any atom is -0.352 e. The van der Waals surface area contributed by atoms with Gasteiger partial charge in [-0.25, -0.2) is 13.1 Å². The summed E-state index contributed by atoms with van der Waals surface area (Å²) < 4.78 is 27.3. The average molecular weight is 360 g/mol. The average Bonchev–Trinajstić information content (AvgIpc) is 3.00. The molecule has 1 amide bonds. The summed E-state index contributed by atoms with van der Waals surface area (Å²) in [5.41, 5.74) is 1.37. The monoisotopic (exact) mass is 359 g/mol. The summed E-state index contributed by atoms with van der Waals surface area (Å²) in [5, 5.41) is 6.01. The fourth-order valence-electron chi connectivity index (χ4n) is 3.00. The summed E-state index contributed by atoms with van der Waals surface area (Å²) in [6.45, 7) is 3.00. The Morgan fingerprint density at radius 1 is 1.26 bits per heavy atom. The van der Waals surface area contributed by atoms with Crippen molar-refractivity contribution in [3.8, 4) is 0 Å². The van der Waals surface area contributed by atoms with Crippen LogP contribution in [-0.4, -0.2) is 40.5 Å². The Kier molecular flexibility index (Phi) is 6.02. The van der Waals surface area contributed by atoms with Gasteiger partial charge in [0.25, 0.3) is 5.91 Å². The van der Waals surface area contributed by atoms with Crippen LogP contribution >= 0.6 is 12.4 Å². The van der Waals surface area contributed by atoms with E-state index in [1.807, 2.05) is 0 Å². The summed E-state index contributed by atoms with van der Waals surface area (Å²) in [7, 11) is -3.56. The lowest BCUT2D eigenvalue weighted by Gasteiger charge is -2.17. The molecule has 8 heteroatoms. The highest BCUT2D eigenvalue weighted by Crippen LogP contribution is 2.19. The van der Waals surface area contributed by atoms with Crippen molar-refractivity contribution in [2.75, 3.05) is 26.2 Å². The molecule has 0 radical (unpaired) electrons. The third-order valence-corrected chi connectivity index (χ3v) is 5.78. The minimum atomic E-state index is -3.56. The van der Waals surface area contributed by atoms with Crippen molar-refractivity contribution >= 4 is 28.3 Å². The van der Waals surface area contributed by atoms with Crippen LogP contribution in [-0.2, 0) is 16.4 Å². The van der Waals surface area contributed by atoms with E-state index in [2.05, 4.69) is 15.4 Å². The fraction of sp³-hybridized carbons (Fsp3) is 0.533. The number of halogens is 1. The van der Waals surface area contributed by atoms with Gasteiger partial charge in [-0.3, -0.25) is 4.79 Å². The molecule has 0 aromatic heterocycles. The first-order valence-corrected chi connectivity index (χ1v) is 9.16. The number of amides is 1. The van der Waals surface area contributed by atoms with Gasteiger partial charge in [0.1, 0.15) is 0 Å². The third-order valence-electron chi connectivity index (χ3n) is 4.32. The SMILES string of the molecule is Cl.O=C1NCCc2ccc(S(=O)(=O)NCCC3CCNC3)cc21. The molecule has 6 nitrogen and oxygen atoms in total. The van der Waals surface area contributed by atoms with Gasteiger partial charge in [0, 0.05) is 18.7 Å². The quantitative estimate of drug-likeness (QED) is 0.721. The summed E-state index contributed by atoms with van der Waals surface area (Å²) in [6, 6.07) is 4.80. The second-order valence-corrected chi connectivity index (χ2v) is 7.64. The maximum Gasteiger partial charge on any atom is 0.251 e. The molecule has 1 unspecified atom stereocenters. The molecule has 2 heterocycles. The first-order chi connectivity index (χ1) is 10.6. The van der Waals surface area contributed by atoms with Gasteiger partial charge in [-0.05, 0) is 56.0 Å². The van der Waals surface area contributed by atoms with Crippen molar-refractivity contribution in [2.45, 2.75) is 24.2 Å². The van der Waals surface area contributed by atoms with Gasteiger partial charge in [-0.2, -0.15) is 0 Å². The fourth-order valence-corrected chi connectivity index (χ4v) is 4.07. The number of hydrogen-bond acceptors (Lipinski definition) is 4. The van der Waals surface area contributed by atoms with Crippen LogP contribution in [0.3, 0.4) is 0 Å². The highest BCUT2D eigenvalue weighted by Gasteiger charge is 2.22. The number of sulfonamides is 1. The van der Waals surface area contributed by atoms with Crippen LogP contribution in [0.5, 0.6) is 0 Å². The van der Waals surface area contributed by atoms with Gasteiger partial charge in [0.15, 0.2) is 0 Å². The normalized spacial score (nSPS) is 20.5. The Balaban J connectivity index is 0.00000192. The second-order valence-electron chi connectivity index (χ2n) is 5.87. The number of carbonyl (C=O) groups excluding carboxylic acids is 1. The Morgan fingerprint density at radius 2 is 2.09 bits per heavy atom. The highest BCUT2D eigenvalue weighted by atomic mass is 35.5. The van der Waals surface area contributed by atoms with Crippen molar-refractivity contribution in [3.63, 3.8) is 0 Å². The molecular formula is C15H22ClN3O3S. The van der Waals surface area contributed by atoms with Gasteiger partial charge < -0.3 is 10.6 Å². The molecule has 0 bridgehead atoms. The van der Waals surface area contributed by atoms with E-state index in [4.69, 9.17) is 0 Å². The van der Waals surface area contributed by atoms with Crippen LogP contribution in [0, 0.1) is 5.92 Å². The van der Waals surface area contributed by atoms with E-state index in [0.29, 0.717) is 24.6 Å². The van der Waals surface area contributed by atoms with Crippen LogP contribution in [0.1, 0.15) is 28.8 Å². The van der Waals surface area contributed by atoms with E-state index in [9.17, 15) is 13.2 Å². The number of benzene rings is 1. The van der Waals surface area contributed by atoms with E-state index < -0.39 is 10.0 Å². The zero-order valence-electron chi connectivity index (χ0n) is 12.8. The van der Waals surface area contributed by atoms with Crippen LogP contribution in [0.15, 0.2) is 23.1 Å². The van der Waals surface area contributed by atoms with Gasteiger partial charge >= 0.3 is 0 Å². The Hall–Kier alpha value is -1.15. The number of carbonyl (C=O) groups is 1. The van der Waals surface area contributed by atoms with E-state index >= 15 is 0 Å². The van der Waals surface area contributed by atoms with Crippen molar-refractivity contribution in [1.82, 2.24) is 15.4 Å². The molecule has 128 valence electrons. The number of nitrogens with one attached hydrogen (secondary N) is 3. The molecular weight excluding hydrogens is 338 g/mol. The molecule has 0 saturated carbocycles. The minimum absolute atomic E-state index is 0. The number of hydrogen-bond donors (Lipinski definition) is 3. The van der Waals surface area contributed by atoms with Crippen LogP contribution in [0.2, 0.25) is 0 Å². The summed E-state index contributed by atoms with van der Waals surface area (Å²) >= 11 is 0. The van der Waals surface area contributed by atoms with E-state index in [-0.39, 0.29) is 23.2 Å². The Morgan fingerprint density at radius 3 is 2.83 bits per heavy atom. The maximum absolute atomic E-state index is 12.3. The molecule has 1 aromatic carbocycles. The summed E-state index contributed by atoms with van der Waals surface area (Å²) in [5.74, 6) is 0.340. The van der Waals surface area contributed by atoms with Gasteiger partial charge in [0.2, 0.25) is 10.0 Å². The van der Waals surface area contributed by atoms with Crippen molar-refractivity contribution < 1.29 is 13.2 Å². The molecule has 1 saturated heterocycles. The predicted octanol–water partition coefficient (Wildman–Crippen LogP) is 0.672. The smallest absolute Gasteiger partial charge is 0.251 e. The molecule has 3 N–H and O–H groups in total. The van der Waals surface area contributed by atoms with Gasteiger partial charge in [-0.1, -0.05) is 6.07 Å². The topological polar surface area (TPSA) is 87.3 Å². The standard InChI is InChI=1S/C15H21N3O3S.ClH/c19-15-14-9-13(2-1-12(14)5-7-17-15)22(20,21)18-8-4-11-3-6-16-10-11;/h1-2,9,11,16,18H,3-8,10H2,(H,17,19);1H. The zero-order valence-corrected chi connectivity index (χ0v) is 14.4. The van der Waals surface area contributed by atoms with Crippen molar-refractivity contribution in [1.29, 1.82) is 0 Å². The van der Waals surface area contributed by atoms with E-state index in [1.54, 1.807) is 12.1 Å². The lowest BCUT2D eigenvalue weighted by Crippen LogP contribution is -2.32. The second kappa shape index (κ2) is 7.61. The van der Waals surface area contributed by atoms with Gasteiger partial charge in [0.05, 0.1) is 4.90 Å². The first kappa shape index (κ1) is 18.2. The van der Waals surface area contributed by atoms with Crippen LogP contribution in [0.4, 0.5) is 0 Å². The molecule has 2 aliphatic heterocycles. The molecule has 0 spiro atoms. The van der Waals surface area contributed by atoms with Crippen LogP contribution < -0.4 is 15.4 Å². The van der Waals surface area contributed by atoms with E-state index in [0.717, 1.165) is 37.9 Å². The lowest BCUT2D eigenvalue weighted by molar-refractivity contribution is 0.0945. The molecule has 2 aliphatic rings. The Labute approximate surface area is 142 Å². The molecule has 0 aliphatic carbocycles. The van der Waals surface area contributed by atoms with E-state index in [1.165, 1.54) is 6.07 Å². The molecule has 23 heavy (non-hydrogen) atoms. The number of fused-ring (bicyclic) bond motifs is 1. The zero-order chi connectivity index (χ0) is 15.6. The molecule has 1 aromatic rings. The summed E-state index contributed by atoms with van der Waals surface area (Å²) in [6.07, 6.45) is 2.67. The summed E-state index contributed by atoms with van der Waals surface area (Å²) in [4.78, 5) is 12.0. The molecule has 1 atom stereocenters. The van der Waals surface area contributed by atoms with Crippen LogP contribution in [0.25, 0.3) is 0 Å². The largest absolute Gasteiger partial charge is 0.352 e. The maximum atomic E-state index is 12.3. The van der Waals surface area contributed by atoms with Crippen molar-refractivity contribution in [3.05, 3.63) is 29.3 Å². The third kappa shape index (κ3) is 4.23. The Bertz CT molecular complexity index is 673. The number of rotatable bonds is 5. The van der Waals surface area contributed by atoms with Gasteiger partial charge in [-0.15, -0.1) is 12.4 Å². The molecule has 3 rings (SSSR count). The lowest BCUT2D eigenvalue weighted by atomic mass is 10.0. The first-order valence-electron chi connectivity index (χ1n) is 7.68. The molecule has 1 fully saturated rings. The predicted molar refractivity (Wildman–Crippen MR) is 90.5 cm³/mol. The van der Waals surface area contributed by atoms with Crippen molar-refractivity contribution in [2.24, 2.45) is 5.92 Å². The highest BCUT2D eigenvalue weighted by molar-refractivity contribution is 7.89.